The lowest BCUT2D eigenvalue weighted by Crippen LogP contribution is -1.92. The molecule has 1 aromatic carbocycles. The molecule has 3 aromatic rings. The molecule has 0 unspecified atom stereocenters. The second-order valence-corrected chi connectivity index (χ2v) is 4.36. The molecule has 0 spiro atoms. The first-order valence-corrected chi connectivity index (χ1v) is 5.80. The van der Waals surface area contributed by atoms with Gasteiger partial charge in [0.2, 0.25) is 5.28 Å². The highest BCUT2D eigenvalue weighted by Gasteiger charge is 2.15. The highest BCUT2D eigenvalue weighted by molar-refractivity contribution is 6.34. The lowest BCUT2D eigenvalue weighted by Gasteiger charge is -2.00. The van der Waals surface area contributed by atoms with Crippen LogP contribution < -0.4 is 0 Å². The van der Waals surface area contributed by atoms with Gasteiger partial charge in [-0.25, -0.2) is 9.97 Å². The van der Waals surface area contributed by atoms with E-state index in [1.807, 2.05) is 0 Å². The summed E-state index contributed by atoms with van der Waals surface area (Å²) in [6.45, 7) is -2.40. The van der Waals surface area contributed by atoms with Gasteiger partial charge in [-0.1, -0.05) is 29.8 Å². The van der Waals surface area contributed by atoms with Crippen molar-refractivity contribution < 1.29 is 4.11 Å². The van der Waals surface area contributed by atoms with Crippen molar-refractivity contribution in [3.05, 3.63) is 40.8 Å². The largest absolute Gasteiger partial charge is 0.267 e. The molecule has 3 rings (SSSR count). The summed E-state index contributed by atoms with van der Waals surface area (Å²) in [4.78, 5) is 7.83. The predicted octanol–water partition coefficient (Wildman–Crippen LogP) is 3.34. The van der Waals surface area contributed by atoms with Crippen LogP contribution in [0.3, 0.4) is 0 Å². The minimum absolute atomic E-state index is 0.0157. The number of nitrogens with zero attached hydrogens (tertiary/aromatic N) is 4. The normalized spacial score (nSPS) is 14.2. The van der Waals surface area contributed by atoms with E-state index < -0.39 is 6.98 Å². The quantitative estimate of drug-likeness (QED) is 0.643. The van der Waals surface area contributed by atoms with Crippen LogP contribution in [0.1, 0.15) is 4.11 Å². The third-order valence-corrected chi connectivity index (χ3v) is 2.99. The van der Waals surface area contributed by atoms with Crippen LogP contribution in [-0.4, -0.2) is 19.7 Å². The summed E-state index contributed by atoms with van der Waals surface area (Å²) in [5, 5.41) is 5.05. The zero-order chi connectivity index (χ0) is 15.2. The van der Waals surface area contributed by atoms with E-state index in [0.29, 0.717) is 22.3 Å². The molecule has 6 heteroatoms. The maximum atomic E-state index is 7.57. The Hall–Kier alpha value is -1.65. The Kier molecular flexibility index (Phi) is 1.98. The Morgan fingerprint density at radius 3 is 2.89 bits per heavy atom. The number of halogens is 2. The predicted molar refractivity (Wildman–Crippen MR) is 71.8 cm³/mol. The molecule has 0 saturated carbocycles. The van der Waals surface area contributed by atoms with E-state index >= 15 is 0 Å². The second-order valence-electron chi connectivity index (χ2n) is 3.61. The average molecular weight is 282 g/mol. The molecule has 0 bridgehead atoms. The standard InChI is InChI=1S/C12H8Cl2N4/c1-18-9-5-3-2-4-7(9)10(17-18)11-8(13)6-15-12(14)16-11/h2-6H,1H3/i1D3. The monoisotopic (exact) mass is 281 g/mol. The van der Waals surface area contributed by atoms with Gasteiger partial charge in [0.05, 0.1) is 16.7 Å². The van der Waals surface area contributed by atoms with Crippen LogP contribution in [0, 0.1) is 0 Å². The minimum Gasteiger partial charge on any atom is -0.267 e. The fourth-order valence-corrected chi connectivity index (χ4v) is 2.07. The van der Waals surface area contributed by atoms with Crippen LogP contribution in [0.2, 0.25) is 10.3 Å². The van der Waals surface area contributed by atoms with Crippen molar-refractivity contribution in [2.75, 3.05) is 0 Å². The molecule has 4 nitrogen and oxygen atoms in total. The molecule has 0 radical (unpaired) electrons. The van der Waals surface area contributed by atoms with Crippen LogP contribution >= 0.6 is 23.2 Å². The number of fused-ring (bicyclic) bond motifs is 1. The van der Waals surface area contributed by atoms with Gasteiger partial charge >= 0.3 is 0 Å². The smallest absolute Gasteiger partial charge is 0.223 e. The zero-order valence-electron chi connectivity index (χ0n) is 11.9. The van der Waals surface area contributed by atoms with Gasteiger partial charge in [0.1, 0.15) is 11.4 Å². The molecule has 0 atom stereocenters. The van der Waals surface area contributed by atoms with Gasteiger partial charge in [0, 0.05) is 16.5 Å². The molecule has 0 N–H and O–H groups in total. The van der Waals surface area contributed by atoms with E-state index in [1.165, 1.54) is 6.20 Å². The fraction of sp³-hybridized carbons (Fsp3) is 0.0833. The van der Waals surface area contributed by atoms with Gasteiger partial charge in [0.15, 0.2) is 0 Å². The van der Waals surface area contributed by atoms with E-state index in [0.717, 1.165) is 4.68 Å². The van der Waals surface area contributed by atoms with E-state index in [9.17, 15) is 0 Å². The van der Waals surface area contributed by atoms with Crippen LogP contribution in [0.25, 0.3) is 22.3 Å². The molecular formula is C12H8Cl2N4. The minimum atomic E-state index is -2.40. The van der Waals surface area contributed by atoms with Gasteiger partial charge in [0.25, 0.3) is 0 Å². The van der Waals surface area contributed by atoms with Gasteiger partial charge in [-0.05, 0) is 17.7 Å². The summed E-state index contributed by atoms with van der Waals surface area (Å²) in [6, 6.07) is 6.96. The summed E-state index contributed by atoms with van der Waals surface area (Å²) >= 11 is 11.9. The number of aromatic nitrogens is 4. The molecule has 0 aliphatic heterocycles. The van der Waals surface area contributed by atoms with Crippen LogP contribution in [0.4, 0.5) is 0 Å². The SMILES string of the molecule is [2H]C([2H])([2H])n1nc(-c2nc(Cl)ncc2Cl)c2ccccc21. The Balaban J connectivity index is 2.36. The topological polar surface area (TPSA) is 43.6 Å². The Labute approximate surface area is 117 Å². The van der Waals surface area contributed by atoms with Crippen molar-refractivity contribution in [3.63, 3.8) is 0 Å². The molecule has 0 saturated heterocycles. The number of rotatable bonds is 1. The van der Waals surface area contributed by atoms with E-state index in [2.05, 4.69) is 15.1 Å². The van der Waals surface area contributed by atoms with Gasteiger partial charge in [-0.2, -0.15) is 5.10 Å². The molecule has 0 aliphatic rings. The van der Waals surface area contributed by atoms with Crippen molar-refractivity contribution in [2.24, 2.45) is 6.98 Å². The molecule has 2 aromatic heterocycles. The van der Waals surface area contributed by atoms with E-state index in [-0.39, 0.29) is 10.3 Å². The Bertz CT molecular complexity index is 829. The van der Waals surface area contributed by atoms with Crippen LogP contribution in [0.5, 0.6) is 0 Å². The second kappa shape index (κ2) is 4.23. The maximum Gasteiger partial charge on any atom is 0.223 e. The third-order valence-electron chi connectivity index (χ3n) is 2.53. The van der Waals surface area contributed by atoms with Crippen molar-refractivity contribution in [2.45, 2.75) is 0 Å². The Morgan fingerprint density at radius 2 is 2.06 bits per heavy atom. The van der Waals surface area contributed by atoms with Crippen molar-refractivity contribution in [1.29, 1.82) is 0 Å². The van der Waals surface area contributed by atoms with Crippen molar-refractivity contribution in [3.8, 4) is 11.4 Å². The highest BCUT2D eigenvalue weighted by Crippen LogP contribution is 2.31. The molecule has 0 aliphatic carbocycles. The summed E-state index contributed by atoms with van der Waals surface area (Å²) in [6.07, 6.45) is 1.36. The van der Waals surface area contributed by atoms with Crippen molar-refractivity contribution in [1.82, 2.24) is 19.7 Å². The van der Waals surface area contributed by atoms with E-state index in [1.54, 1.807) is 24.3 Å². The molecule has 18 heavy (non-hydrogen) atoms. The summed E-state index contributed by atoms with van der Waals surface area (Å²) < 4.78 is 23.7. The number of hydrogen-bond acceptors (Lipinski definition) is 3. The Morgan fingerprint density at radius 1 is 1.22 bits per heavy atom. The maximum absolute atomic E-state index is 7.57. The molecule has 0 amide bonds. The van der Waals surface area contributed by atoms with Gasteiger partial charge in [-0.3, -0.25) is 4.68 Å². The van der Waals surface area contributed by atoms with Crippen molar-refractivity contribution >= 4 is 34.1 Å². The first kappa shape index (κ1) is 8.45. The number of hydrogen-bond donors (Lipinski definition) is 0. The summed E-state index contributed by atoms with van der Waals surface area (Å²) in [5.41, 5.74) is 1.13. The van der Waals surface area contributed by atoms with Gasteiger partial charge < -0.3 is 0 Å². The highest BCUT2D eigenvalue weighted by atomic mass is 35.5. The first-order valence-electron chi connectivity index (χ1n) is 6.54. The third kappa shape index (κ3) is 1.74. The lowest BCUT2D eigenvalue weighted by molar-refractivity contribution is 0.799. The van der Waals surface area contributed by atoms with Crippen LogP contribution in [-0.2, 0) is 6.98 Å². The summed E-state index contributed by atoms with van der Waals surface area (Å²) in [7, 11) is 0. The van der Waals surface area contributed by atoms with Gasteiger partial charge in [-0.15, -0.1) is 0 Å². The fourth-order valence-electron chi connectivity index (χ4n) is 1.75. The lowest BCUT2D eigenvalue weighted by atomic mass is 10.1. The number of benzene rings is 1. The zero-order valence-corrected chi connectivity index (χ0v) is 10.4. The molecule has 90 valence electrons. The summed E-state index contributed by atoms with van der Waals surface area (Å²) in [5.74, 6) is 0. The number of para-hydroxylation sites is 1. The number of aryl methyl sites for hydroxylation is 1. The molecule has 0 fully saturated rings. The first-order chi connectivity index (χ1) is 9.88. The molecular weight excluding hydrogens is 271 g/mol. The van der Waals surface area contributed by atoms with E-state index in [4.69, 9.17) is 27.3 Å². The average Bonchev–Trinajstić information content (AvgIpc) is 2.81. The molecule has 2 heterocycles. The van der Waals surface area contributed by atoms with Crippen LogP contribution in [0.15, 0.2) is 30.5 Å².